The number of imidazole rings is 1. The molecule has 4 heterocycles. The highest BCUT2D eigenvalue weighted by atomic mass is 16.1. The van der Waals surface area contributed by atoms with Gasteiger partial charge in [0.2, 0.25) is 0 Å². The zero-order valence-electron chi connectivity index (χ0n) is 15.7. The molecule has 2 fully saturated rings. The van der Waals surface area contributed by atoms with Crippen molar-refractivity contribution in [3.05, 3.63) is 59.3 Å². The summed E-state index contributed by atoms with van der Waals surface area (Å²) in [6.07, 6.45) is 12.7. The third-order valence-corrected chi connectivity index (χ3v) is 5.87. The largest absolute Gasteiger partial charge is 0.352 e. The summed E-state index contributed by atoms with van der Waals surface area (Å²) >= 11 is 0. The van der Waals surface area contributed by atoms with Crippen molar-refractivity contribution in [1.29, 1.82) is 0 Å². The van der Waals surface area contributed by atoms with Crippen LogP contribution in [0.5, 0.6) is 0 Å². The Morgan fingerprint density at radius 3 is 2.79 bits per heavy atom. The second-order valence-corrected chi connectivity index (χ2v) is 7.60. The third-order valence-electron chi connectivity index (χ3n) is 5.87. The fraction of sp³-hybridized carbons (Fsp3) is 0.450. The van der Waals surface area contributed by atoms with Gasteiger partial charge in [0.05, 0.1) is 12.6 Å². The minimum atomic E-state index is -0.0893. The maximum atomic E-state index is 12.4. The van der Waals surface area contributed by atoms with Crippen LogP contribution in [0, 0.1) is 0 Å². The molecule has 28 heavy (non-hydrogen) atoms. The van der Waals surface area contributed by atoms with E-state index in [0.717, 1.165) is 30.9 Å². The van der Waals surface area contributed by atoms with Gasteiger partial charge in [-0.05, 0) is 31.7 Å². The molecule has 0 amide bonds. The molecule has 3 aromatic heterocycles. The first kappa shape index (κ1) is 17.1. The lowest BCUT2D eigenvalue weighted by Crippen LogP contribution is -2.37. The van der Waals surface area contributed by atoms with Crippen LogP contribution in [0.4, 0.5) is 5.82 Å². The summed E-state index contributed by atoms with van der Waals surface area (Å²) in [4.78, 5) is 27.8. The molecule has 0 spiro atoms. The zero-order chi connectivity index (χ0) is 18.9. The molecule has 8 heteroatoms. The Balaban J connectivity index is 1.39. The molecule has 1 atom stereocenters. The Hall–Kier alpha value is -3.03. The fourth-order valence-corrected chi connectivity index (χ4v) is 4.07. The zero-order valence-corrected chi connectivity index (χ0v) is 15.7. The lowest BCUT2D eigenvalue weighted by atomic mass is 9.83. The van der Waals surface area contributed by atoms with E-state index in [9.17, 15) is 4.79 Å². The maximum Gasteiger partial charge on any atom is 0.266 e. The van der Waals surface area contributed by atoms with Crippen LogP contribution in [0.2, 0.25) is 0 Å². The van der Waals surface area contributed by atoms with Crippen LogP contribution in [0.25, 0.3) is 5.82 Å². The average molecular weight is 377 g/mol. The maximum absolute atomic E-state index is 12.4. The SMILES string of the molecule is O=c1ccc(-n2ccnc2)nn1CC1CCCN1c1cc(C2CCC2)ncn1. The predicted octanol–water partition coefficient (Wildman–Crippen LogP) is 2.16. The molecule has 0 radical (unpaired) electrons. The summed E-state index contributed by atoms with van der Waals surface area (Å²) in [5.41, 5.74) is 1.06. The van der Waals surface area contributed by atoms with Crippen molar-refractivity contribution >= 4 is 5.82 Å². The van der Waals surface area contributed by atoms with Crippen molar-refractivity contribution in [2.45, 2.75) is 50.6 Å². The van der Waals surface area contributed by atoms with Gasteiger partial charge in [-0.1, -0.05) is 6.42 Å². The summed E-state index contributed by atoms with van der Waals surface area (Å²) in [7, 11) is 0. The first-order valence-corrected chi connectivity index (χ1v) is 9.93. The third kappa shape index (κ3) is 3.19. The van der Waals surface area contributed by atoms with Gasteiger partial charge in [-0.2, -0.15) is 5.10 Å². The standard InChI is InChI=1S/C20H23N7O/c28-20-7-6-18(25-10-8-21-14-25)24-27(20)12-16-5-2-9-26(16)19-11-17(22-13-23-19)15-3-1-4-15/h6-8,10-11,13-16H,1-5,9,12H2. The van der Waals surface area contributed by atoms with Gasteiger partial charge in [-0.15, -0.1) is 0 Å². The van der Waals surface area contributed by atoms with E-state index >= 15 is 0 Å². The molecular formula is C20H23N7O. The summed E-state index contributed by atoms with van der Waals surface area (Å²) in [6.45, 7) is 1.49. The minimum absolute atomic E-state index is 0.0893. The van der Waals surface area contributed by atoms with Crippen LogP contribution in [0.3, 0.4) is 0 Å². The molecule has 1 aliphatic carbocycles. The van der Waals surface area contributed by atoms with E-state index in [1.807, 2.05) is 6.20 Å². The van der Waals surface area contributed by atoms with E-state index in [-0.39, 0.29) is 11.6 Å². The van der Waals surface area contributed by atoms with Gasteiger partial charge >= 0.3 is 0 Å². The topological polar surface area (TPSA) is 81.7 Å². The van der Waals surface area contributed by atoms with E-state index in [0.29, 0.717) is 18.3 Å². The van der Waals surface area contributed by atoms with Gasteiger partial charge in [0.1, 0.15) is 18.5 Å². The van der Waals surface area contributed by atoms with Gasteiger partial charge in [-0.3, -0.25) is 9.36 Å². The Bertz CT molecular complexity index is 1010. The highest BCUT2D eigenvalue weighted by Crippen LogP contribution is 2.36. The predicted molar refractivity (Wildman–Crippen MR) is 105 cm³/mol. The highest BCUT2D eigenvalue weighted by molar-refractivity contribution is 5.42. The van der Waals surface area contributed by atoms with Crippen molar-refractivity contribution in [2.24, 2.45) is 0 Å². The van der Waals surface area contributed by atoms with Crippen molar-refractivity contribution in [1.82, 2.24) is 29.3 Å². The molecule has 1 aliphatic heterocycles. The molecule has 5 rings (SSSR count). The van der Waals surface area contributed by atoms with Crippen LogP contribution in [-0.4, -0.2) is 41.9 Å². The van der Waals surface area contributed by atoms with E-state index in [1.54, 1.807) is 40.2 Å². The fourth-order valence-electron chi connectivity index (χ4n) is 4.07. The van der Waals surface area contributed by atoms with Crippen molar-refractivity contribution in [3.63, 3.8) is 0 Å². The van der Waals surface area contributed by atoms with Crippen LogP contribution in [0.15, 0.2) is 48.0 Å². The van der Waals surface area contributed by atoms with E-state index in [1.165, 1.54) is 19.3 Å². The van der Waals surface area contributed by atoms with Crippen molar-refractivity contribution in [3.8, 4) is 5.82 Å². The van der Waals surface area contributed by atoms with Gasteiger partial charge in [0.25, 0.3) is 5.56 Å². The number of hydrogen-bond acceptors (Lipinski definition) is 6. The van der Waals surface area contributed by atoms with E-state index in [2.05, 4.69) is 31.0 Å². The van der Waals surface area contributed by atoms with Crippen LogP contribution >= 0.6 is 0 Å². The van der Waals surface area contributed by atoms with Gasteiger partial charge < -0.3 is 4.90 Å². The minimum Gasteiger partial charge on any atom is -0.352 e. The Kier molecular flexibility index (Phi) is 4.38. The molecule has 2 aliphatic rings. The van der Waals surface area contributed by atoms with Crippen LogP contribution < -0.4 is 10.5 Å². The molecule has 8 nitrogen and oxygen atoms in total. The summed E-state index contributed by atoms with van der Waals surface area (Å²) in [5, 5.41) is 4.54. The molecule has 0 bridgehead atoms. The van der Waals surface area contributed by atoms with Gasteiger partial charge in [0.15, 0.2) is 5.82 Å². The van der Waals surface area contributed by atoms with Gasteiger partial charge in [0, 0.05) is 42.7 Å². The quantitative estimate of drug-likeness (QED) is 0.678. The lowest BCUT2D eigenvalue weighted by Gasteiger charge is -2.28. The number of hydrogen-bond donors (Lipinski definition) is 0. The Morgan fingerprint density at radius 1 is 1.07 bits per heavy atom. The number of rotatable bonds is 5. The van der Waals surface area contributed by atoms with Crippen LogP contribution in [0.1, 0.15) is 43.7 Å². The van der Waals surface area contributed by atoms with E-state index < -0.39 is 0 Å². The molecule has 0 N–H and O–H groups in total. The first-order valence-electron chi connectivity index (χ1n) is 9.93. The van der Waals surface area contributed by atoms with E-state index in [4.69, 9.17) is 0 Å². The second-order valence-electron chi connectivity index (χ2n) is 7.60. The number of anilines is 1. The Labute approximate surface area is 162 Å². The number of nitrogens with zero attached hydrogens (tertiary/aromatic N) is 7. The molecular weight excluding hydrogens is 354 g/mol. The molecule has 0 aromatic carbocycles. The second kappa shape index (κ2) is 7.18. The van der Waals surface area contributed by atoms with Crippen molar-refractivity contribution < 1.29 is 0 Å². The van der Waals surface area contributed by atoms with Gasteiger partial charge in [-0.25, -0.2) is 19.6 Å². The number of aromatic nitrogens is 6. The first-order chi connectivity index (χ1) is 13.8. The molecule has 1 saturated heterocycles. The highest BCUT2D eigenvalue weighted by Gasteiger charge is 2.28. The smallest absolute Gasteiger partial charge is 0.266 e. The summed E-state index contributed by atoms with van der Waals surface area (Å²) in [6, 6.07) is 5.64. The summed E-state index contributed by atoms with van der Waals surface area (Å²) in [5.74, 6) is 2.24. The average Bonchev–Trinajstić information content (AvgIpc) is 3.34. The monoisotopic (exact) mass is 377 g/mol. The summed E-state index contributed by atoms with van der Waals surface area (Å²) < 4.78 is 3.37. The van der Waals surface area contributed by atoms with Crippen molar-refractivity contribution in [2.75, 3.05) is 11.4 Å². The normalized spacial score (nSPS) is 19.7. The van der Waals surface area contributed by atoms with Crippen LogP contribution in [-0.2, 0) is 6.54 Å². The Morgan fingerprint density at radius 2 is 2.00 bits per heavy atom. The molecule has 144 valence electrons. The molecule has 1 saturated carbocycles. The molecule has 1 unspecified atom stereocenters. The lowest BCUT2D eigenvalue weighted by molar-refractivity contribution is 0.410. The molecule has 3 aromatic rings.